The summed E-state index contributed by atoms with van der Waals surface area (Å²) in [6.07, 6.45) is 11.5. The predicted octanol–water partition coefficient (Wildman–Crippen LogP) is 4.43. The number of rotatable bonds is 13. The molecule has 21 heavy (non-hydrogen) atoms. The molecule has 0 aliphatic heterocycles. The first-order valence-electron chi connectivity index (χ1n) is 8.50. The molecular formula is C18H32N2O. The van der Waals surface area contributed by atoms with Crippen LogP contribution in [-0.4, -0.2) is 12.6 Å². The van der Waals surface area contributed by atoms with Crippen molar-refractivity contribution in [2.75, 3.05) is 6.61 Å². The van der Waals surface area contributed by atoms with Crippen LogP contribution < -0.4 is 16.0 Å². The van der Waals surface area contributed by atoms with E-state index in [9.17, 15) is 0 Å². The number of hydrazine groups is 1. The first-order valence-corrected chi connectivity index (χ1v) is 8.50. The summed E-state index contributed by atoms with van der Waals surface area (Å²) in [4.78, 5) is 0. The van der Waals surface area contributed by atoms with Crippen LogP contribution >= 0.6 is 0 Å². The van der Waals surface area contributed by atoms with Crippen molar-refractivity contribution in [2.24, 2.45) is 5.84 Å². The summed E-state index contributed by atoms with van der Waals surface area (Å²) >= 11 is 0. The molecule has 0 saturated heterocycles. The monoisotopic (exact) mass is 292 g/mol. The van der Waals surface area contributed by atoms with Crippen molar-refractivity contribution in [1.82, 2.24) is 5.43 Å². The summed E-state index contributed by atoms with van der Waals surface area (Å²) in [7, 11) is 0. The van der Waals surface area contributed by atoms with Crippen LogP contribution in [0.15, 0.2) is 30.3 Å². The minimum absolute atomic E-state index is 0.365. The van der Waals surface area contributed by atoms with Crippen LogP contribution in [0.5, 0.6) is 5.75 Å². The summed E-state index contributed by atoms with van der Waals surface area (Å²) in [6.45, 7) is 2.98. The van der Waals surface area contributed by atoms with E-state index in [0.717, 1.165) is 25.2 Å². The molecule has 120 valence electrons. The van der Waals surface area contributed by atoms with Gasteiger partial charge in [0.05, 0.1) is 6.61 Å². The molecule has 3 nitrogen and oxygen atoms in total. The van der Waals surface area contributed by atoms with Crippen molar-refractivity contribution in [2.45, 2.75) is 70.8 Å². The third-order valence-electron chi connectivity index (χ3n) is 3.87. The minimum Gasteiger partial charge on any atom is -0.494 e. The second-order valence-corrected chi connectivity index (χ2v) is 5.72. The highest BCUT2D eigenvalue weighted by Gasteiger charge is 2.06. The van der Waals surface area contributed by atoms with E-state index in [0.29, 0.717) is 6.04 Å². The van der Waals surface area contributed by atoms with Crippen LogP contribution in [0.2, 0.25) is 0 Å². The molecule has 3 N–H and O–H groups in total. The van der Waals surface area contributed by atoms with E-state index in [1.54, 1.807) is 0 Å². The first kappa shape index (κ1) is 18.0. The fourth-order valence-electron chi connectivity index (χ4n) is 2.49. The van der Waals surface area contributed by atoms with Crippen molar-refractivity contribution in [3.63, 3.8) is 0 Å². The number of para-hydroxylation sites is 1. The van der Waals surface area contributed by atoms with Gasteiger partial charge in [0.2, 0.25) is 0 Å². The molecule has 1 atom stereocenters. The molecule has 0 saturated carbocycles. The van der Waals surface area contributed by atoms with Crippen molar-refractivity contribution >= 4 is 0 Å². The fourth-order valence-corrected chi connectivity index (χ4v) is 2.49. The molecule has 1 aromatic carbocycles. The van der Waals surface area contributed by atoms with Gasteiger partial charge in [-0.25, -0.2) is 0 Å². The second kappa shape index (κ2) is 12.7. The Bertz CT molecular complexity index is 329. The smallest absolute Gasteiger partial charge is 0.119 e. The predicted molar refractivity (Wildman–Crippen MR) is 90.3 cm³/mol. The molecule has 0 bridgehead atoms. The molecule has 1 rings (SSSR count). The highest BCUT2D eigenvalue weighted by atomic mass is 16.5. The van der Waals surface area contributed by atoms with Crippen LogP contribution in [0.4, 0.5) is 0 Å². The topological polar surface area (TPSA) is 47.3 Å². The number of nitrogens with two attached hydrogens (primary N) is 1. The Kier molecular flexibility index (Phi) is 10.8. The van der Waals surface area contributed by atoms with E-state index in [1.165, 1.54) is 44.9 Å². The average molecular weight is 292 g/mol. The van der Waals surface area contributed by atoms with Gasteiger partial charge in [-0.3, -0.25) is 11.3 Å². The Hall–Kier alpha value is -1.06. The maximum absolute atomic E-state index is 5.71. The zero-order chi connectivity index (χ0) is 15.2. The standard InChI is InChI=1S/C18H32N2O/c1-2-3-4-5-6-7-9-12-17(20-19)15-16-21-18-13-10-8-11-14-18/h8,10-11,13-14,17,20H,2-7,9,12,15-16,19H2,1H3. The molecule has 0 aliphatic carbocycles. The lowest BCUT2D eigenvalue weighted by molar-refractivity contribution is 0.279. The zero-order valence-electron chi connectivity index (χ0n) is 13.5. The van der Waals surface area contributed by atoms with E-state index in [4.69, 9.17) is 10.6 Å². The second-order valence-electron chi connectivity index (χ2n) is 5.72. The van der Waals surface area contributed by atoms with Crippen molar-refractivity contribution in [3.8, 4) is 5.75 Å². The molecule has 0 aromatic heterocycles. The van der Waals surface area contributed by atoms with Crippen LogP contribution in [0.25, 0.3) is 0 Å². The van der Waals surface area contributed by atoms with Gasteiger partial charge in [0.15, 0.2) is 0 Å². The number of hydrogen-bond donors (Lipinski definition) is 2. The number of hydrogen-bond acceptors (Lipinski definition) is 3. The highest BCUT2D eigenvalue weighted by molar-refractivity contribution is 5.20. The number of nitrogens with one attached hydrogen (secondary N) is 1. The molecule has 3 heteroatoms. The lowest BCUT2D eigenvalue weighted by atomic mass is 10.0. The molecule has 0 fully saturated rings. The van der Waals surface area contributed by atoms with E-state index in [-0.39, 0.29) is 0 Å². The van der Waals surface area contributed by atoms with Crippen molar-refractivity contribution in [1.29, 1.82) is 0 Å². The van der Waals surface area contributed by atoms with E-state index >= 15 is 0 Å². The summed E-state index contributed by atoms with van der Waals surface area (Å²) < 4.78 is 5.71. The SMILES string of the molecule is CCCCCCCCCC(CCOc1ccccc1)NN. The Labute approximate surface area is 130 Å². The minimum atomic E-state index is 0.365. The molecule has 0 amide bonds. The van der Waals surface area contributed by atoms with E-state index < -0.39 is 0 Å². The Morgan fingerprint density at radius 1 is 0.952 bits per heavy atom. The van der Waals surface area contributed by atoms with Gasteiger partial charge in [-0.05, 0) is 25.0 Å². The first-order chi connectivity index (χ1) is 10.4. The maximum Gasteiger partial charge on any atom is 0.119 e. The van der Waals surface area contributed by atoms with Gasteiger partial charge in [-0.1, -0.05) is 70.1 Å². The molecule has 1 unspecified atom stereocenters. The number of ether oxygens (including phenoxy) is 1. The zero-order valence-corrected chi connectivity index (χ0v) is 13.5. The third kappa shape index (κ3) is 9.48. The molecule has 0 radical (unpaired) electrons. The van der Waals surface area contributed by atoms with Crippen LogP contribution in [0.3, 0.4) is 0 Å². The molecular weight excluding hydrogens is 260 g/mol. The van der Waals surface area contributed by atoms with Gasteiger partial charge >= 0.3 is 0 Å². The largest absolute Gasteiger partial charge is 0.494 e. The molecule has 0 spiro atoms. The third-order valence-corrected chi connectivity index (χ3v) is 3.87. The summed E-state index contributed by atoms with van der Waals surface area (Å²) in [5, 5.41) is 0. The summed E-state index contributed by atoms with van der Waals surface area (Å²) in [6, 6.07) is 10.3. The van der Waals surface area contributed by atoms with Crippen LogP contribution in [0, 0.1) is 0 Å². The molecule has 0 aliphatic rings. The van der Waals surface area contributed by atoms with Gasteiger partial charge in [-0.15, -0.1) is 0 Å². The van der Waals surface area contributed by atoms with Crippen LogP contribution in [-0.2, 0) is 0 Å². The molecule has 0 heterocycles. The Balaban J connectivity index is 2.01. The van der Waals surface area contributed by atoms with Crippen molar-refractivity contribution in [3.05, 3.63) is 30.3 Å². The van der Waals surface area contributed by atoms with Gasteiger partial charge < -0.3 is 4.74 Å². The summed E-state index contributed by atoms with van der Waals surface area (Å²) in [5.41, 5.74) is 2.92. The lowest BCUT2D eigenvalue weighted by Gasteiger charge is -2.16. The van der Waals surface area contributed by atoms with Gasteiger partial charge in [0.25, 0.3) is 0 Å². The Morgan fingerprint density at radius 3 is 2.29 bits per heavy atom. The fraction of sp³-hybridized carbons (Fsp3) is 0.667. The van der Waals surface area contributed by atoms with Gasteiger partial charge in [0.1, 0.15) is 5.75 Å². The normalized spacial score (nSPS) is 12.3. The maximum atomic E-state index is 5.71. The number of benzene rings is 1. The lowest BCUT2D eigenvalue weighted by Crippen LogP contribution is -2.36. The molecule has 1 aromatic rings. The van der Waals surface area contributed by atoms with Crippen molar-refractivity contribution < 1.29 is 4.74 Å². The quantitative estimate of drug-likeness (QED) is 0.321. The summed E-state index contributed by atoms with van der Waals surface area (Å²) in [5.74, 6) is 6.56. The van der Waals surface area contributed by atoms with Gasteiger partial charge in [-0.2, -0.15) is 0 Å². The van der Waals surface area contributed by atoms with Crippen LogP contribution in [0.1, 0.15) is 64.7 Å². The Morgan fingerprint density at radius 2 is 1.62 bits per heavy atom. The van der Waals surface area contributed by atoms with E-state index in [1.807, 2.05) is 30.3 Å². The van der Waals surface area contributed by atoms with Gasteiger partial charge in [0, 0.05) is 6.04 Å². The van der Waals surface area contributed by atoms with E-state index in [2.05, 4.69) is 12.3 Å². The number of unbranched alkanes of at least 4 members (excludes halogenated alkanes) is 6. The highest BCUT2D eigenvalue weighted by Crippen LogP contribution is 2.12. The average Bonchev–Trinajstić information content (AvgIpc) is 2.53.